The van der Waals surface area contributed by atoms with E-state index in [-0.39, 0.29) is 36.5 Å². The molecule has 0 aliphatic carbocycles. The summed E-state index contributed by atoms with van der Waals surface area (Å²) in [6, 6.07) is 33.9. The molecule has 0 saturated carbocycles. The van der Waals surface area contributed by atoms with Gasteiger partial charge in [-0.05, 0) is 75.2 Å². The molecule has 0 radical (unpaired) electrons. The monoisotopic (exact) mass is 732 g/mol. The van der Waals surface area contributed by atoms with Crippen molar-refractivity contribution < 1.29 is 19.2 Å². The molecule has 0 aromatic heterocycles. The summed E-state index contributed by atoms with van der Waals surface area (Å²) in [6.45, 7) is 4.70. The minimum atomic E-state index is -0.610. The van der Waals surface area contributed by atoms with Crippen molar-refractivity contribution in [1.29, 1.82) is 0 Å². The molecule has 2 saturated heterocycles. The van der Waals surface area contributed by atoms with Gasteiger partial charge in [0.2, 0.25) is 23.6 Å². The first-order valence-corrected chi connectivity index (χ1v) is 18.9. The van der Waals surface area contributed by atoms with Gasteiger partial charge in [0, 0.05) is 37.3 Å². The number of nitrogens with one attached hydrogen (secondary N) is 2. The van der Waals surface area contributed by atoms with Gasteiger partial charge in [-0.2, -0.15) is 0 Å². The topological polar surface area (TPSA) is 124 Å². The van der Waals surface area contributed by atoms with Crippen LogP contribution >= 0.6 is 23.5 Å². The Balaban J connectivity index is 1.10. The van der Waals surface area contributed by atoms with Crippen LogP contribution in [0, 0.1) is 13.8 Å². The van der Waals surface area contributed by atoms with Gasteiger partial charge in [-0.3, -0.25) is 29.0 Å². The number of thioether (sulfide) groups is 2. The lowest BCUT2D eigenvalue weighted by Gasteiger charge is -2.19. The fourth-order valence-electron chi connectivity index (χ4n) is 5.66. The first-order chi connectivity index (χ1) is 25.2. The third-order valence-corrected chi connectivity index (χ3v) is 10.8. The van der Waals surface area contributed by atoms with Crippen molar-refractivity contribution in [2.75, 3.05) is 23.7 Å². The Bertz CT molecular complexity index is 1810. The quantitative estimate of drug-likeness (QED) is 0.136. The zero-order chi connectivity index (χ0) is 36.5. The zero-order valence-electron chi connectivity index (χ0n) is 29.0. The van der Waals surface area contributed by atoms with Crippen LogP contribution in [0.3, 0.4) is 0 Å². The average Bonchev–Trinajstić information content (AvgIpc) is 3.58. The summed E-state index contributed by atoms with van der Waals surface area (Å²) in [5.41, 5.74) is 4.97. The number of amidine groups is 2. The Morgan fingerprint density at radius 1 is 0.577 bits per heavy atom. The van der Waals surface area contributed by atoms with E-state index in [0.717, 1.165) is 11.1 Å². The second kappa shape index (κ2) is 17.3. The molecule has 0 spiro atoms. The van der Waals surface area contributed by atoms with E-state index >= 15 is 0 Å². The molecule has 2 fully saturated rings. The maximum absolute atomic E-state index is 13.7. The third kappa shape index (κ3) is 9.77. The highest BCUT2D eigenvalue weighted by atomic mass is 32.2. The molecule has 2 N–H and O–H groups in total. The van der Waals surface area contributed by atoms with Crippen LogP contribution in [0.1, 0.15) is 36.8 Å². The van der Waals surface area contributed by atoms with Gasteiger partial charge in [-0.1, -0.05) is 95.3 Å². The lowest BCUT2D eigenvalue weighted by atomic mass is 10.2. The molecule has 2 heterocycles. The number of amides is 4. The molecule has 266 valence electrons. The maximum atomic E-state index is 13.7. The lowest BCUT2D eigenvalue weighted by molar-refractivity contribution is -0.128. The number of unbranched alkanes of at least 4 members (excludes halogenated alkanes) is 1. The Hall–Kier alpha value is -5.20. The van der Waals surface area contributed by atoms with Crippen LogP contribution in [0.5, 0.6) is 0 Å². The van der Waals surface area contributed by atoms with Gasteiger partial charge >= 0.3 is 0 Å². The zero-order valence-corrected chi connectivity index (χ0v) is 30.7. The molecule has 4 aromatic rings. The number of aryl methyl sites for hydroxylation is 2. The van der Waals surface area contributed by atoms with Crippen LogP contribution in [0.15, 0.2) is 119 Å². The predicted molar refractivity (Wildman–Crippen MR) is 211 cm³/mol. The number of anilines is 2. The molecule has 6 rings (SSSR count). The minimum Gasteiger partial charge on any atom is -0.326 e. The normalized spacial score (nSPS) is 18.7. The summed E-state index contributed by atoms with van der Waals surface area (Å²) >= 11 is 2.59. The molecule has 0 bridgehead atoms. The van der Waals surface area contributed by atoms with E-state index in [0.29, 0.717) is 59.0 Å². The van der Waals surface area contributed by atoms with Crippen LogP contribution in [-0.2, 0) is 19.2 Å². The molecule has 2 aliphatic heterocycles. The highest BCUT2D eigenvalue weighted by Gasteiger charge is 2.40. The van der Waals surface area contributed by atoms with Crippen LogP contribution in [0.2, 0.25) is 0 Å². The summed E-state index contributed by atoms with van der Waals surface area (Å²) in [5.74, 6) is -0.823. The first-order valence-electron chi connectivity index (χ1n) is 17.2. The van der Waals surface area contributed by atoms with Crippen molar-refractivity contribution in [3.8, 4) is 0 Å². The van der Waals surface area contributed by atoms with E-state index in [1.165, 1.54) is 23.5 Å². The maximum Gasteiger partial charge on any atom is 0.242 e. The number of carbonyl (C=O) groups excluding carboxylic acids is 4. The van der Waals surface area contributed by atoms with Crippen LogP contribution in [0.4, 0.5) is 22.7 Å². The van der Waals surface area contributed by atoms with Gasteiger partial charge in [0.1, 0.15) is 10.5 Å². The first kappa shape index (κ1) is 36.6. The number of benzene rings is 4. The van der Waals surface area contributed by atoms with E-state index in [9.17, 15) is 19.2 Å². The molecule has 10 nitrogen and oxygen atoms in total. The van der Waals surface area contributed by atoms with E-state index in [1.807, 2.05) is 123 Å². The van der Waals surface area contributed by atoms with Crippen molar-refractivity contribution >= 4 is 80.2 Å². The number of rotatable bonds is 13. The van der Waals surface area contributed by atoms with Crippen molar-refractivity contribution in [2.24, 2.45) is 9.98 Å². The number of carbonyl (C=O) groups is 4. The van der Waals surface area contributed by atoms with Crippen LogP contribution < -0.4 is 10.6 Å². The molecule has 4 aromatic carbocycles. The number of para-hydroxylation sites is 2. The fraction of sp³-hybridized carbons (Fsp3) is 0.250. The Morgan fingerprint density at radius 3 is 1.31 bits per heavy atom. The largest absolute Gasteiger partial charge is 0.326 e. The highest BCUT2D eigenvalue weighted by Crippen LogP contribution is 2.34. The molecule has 4 amide bonds. The lowest BCUT2D eigenvalue weighted by Crippen LogP contribution is -2.36. The Labute approximate surface area is 312 Å². The molecular formula is C40H40N6O4S2. The Morgan fingerprint density at radius 2 is 0.942 bits per heavy atom. The molecule has 2 aliphatic rings. The van der Waals surface area contributed by atoms with Crippen molar-refractivity contribution in [1.82, 2.24) is 9.80 Å². The highest BCUT2D eigenvalue weighted by molar-refractivity contribution is 8.15. The second-order valence-electron chi connectivity index (χ2n) is 12.6. The summed E-state index contributed by atoms with van der Waals surface area (Å²) in [5, 5.41) is 5.66. The number of hydrogen-bond donors (Lipinski definition) is 2. The molecular weight excluding hydrogens is 693 g/mol. The third-order valence-electron chi connectivity index (χ3n) is 8.43. The summed E-state index contributed by atoms with van der Waals surface area (Å²) in [6.07, 6.45) is 1.18. The number of nitrogens with zero attached hydrogens (tertiary/aromatic N) is 4. The second-order valence-corrected chi connectivity index (χ2v) is 14.9. The average molecular weight is 733 g/mol. The number of hydrogen-bond acceptors (Lipinski definition) is 8. The van der Waals surface area contributed by atoms with Crippen LogP contribution in [0.25, 0.3) is 0 Å². The number of aliphatic imine (C=N–C) groups is 2. The SMILES string of the molecule is Cc1ccc(NC(=O)C[C@@H]2SC(=Nc3ccccc3)N(CCCCN3C(=O)[C@H](CC(=O)Nc4ccc(C)cc4)SC3=Nc3ccccc3)C2=O)cc1. The van der Waals surface area contributed by atoms with E-state index < -0.39 is 10.5 Å². The van der Waals surface area contributed by atoms with Crippen molar-refractivity contribution in [2.45, 2.75) is 50.0 Å². The molecule has 0 unspecified atom stereocenters. The summed E-state index contributed by atoms with van der Waals surface area (Å²) < 4.78 is 0. The standard InChI is InChI=1S/C40H40N6O4S2/c1-27-15-19-31(20-16-27)41-35(47)25-33-37(49)45(39(51-33)43-29-11-5-3-6-12-29)23-9-10-24-46-38(50)34(52-40(46)44-30-13-7-4-8-14-30)26-36(48)42-32-21-17-28(2)18-22-32/h3-8,11-22,33-34H,9-10,23-26H2,1-2H3,(H,41,47)(H,42,48)/t33-,34-/m0/s1. The van der Waals surface area contributed by atoms with E-state index in [1.54, 1.807) is 9.80 Å². The van der Waals surface area contributed by atoms with Gasteiger partial charge in [0.05, 0.1) is 11.4 Å². The van der Waals surface area contributed by atoms with Crippen molar-refractivity contribution in [3.63, 3.8) is 0 Å². The Kier molecular flexibility index (Phi) is 12.2. The fourth-order valence-corrected chi connectivity index (χ4v) is 8.03. The summed E-state index contributed by atoms with van der Waals surface area (Å²) in [7, 11) is 0. The van der Waals surface area contributed by atoms with Gasteiger partial charge in [0.15, 0.2) is 10.3 Å². The summed E-state index contributed by atoms with van der Waals surface area (Å²) in [4.78, 5) is 66.2. The van der Waals surface area contributed by atoms with Gasteiger partial charge < -0.3 is 10.6 Å². The van der Waals surface area contributed by atoms with Crippen molar-refractivity contribution in [3.05, 3.63) is 120 Å². The smallest absolute Gasteiger partial charge is 0.242 e. The van der Waals surface area contributed by atoms with Gasteiger partial charge in [0.25, 0.3) is 0 Å². The van der Waals surface area contributed by atoms with E-state index in [4.69, 9.17) is 9.98 Å². The predicted octanol–water partition coefficient (Wildman–Crippen LogP) is 7.70. The van der Waals surface area contributed by atoms with Gasteiger partial charge in [-0.25, -0.2) is 9.98 Å². The minimum absolute atomic E-state index is 0.0133. The molecule has 2 atom stereocenters. The molecule has 52 heavy (non-hydrogen) atoms. The van der Waals surface area contributed by atoms with Crippen LogP contribution in [-0.4, -0.2) is 67.4 Å². The molecule has 12 heteroatoms. The van der Waals surface area contributed by atoms with Gasteiger partial charge in [-0.15, -0.1) is 0 Å². The van der Waals surface area contributed by atoms with E-state index in [2.05, 4.69) is 10.6 Å².